The molecule has 0 atom stereocenters. The Morgan fingerprint density at radius 1 is 1.11 bits per heavy atom. The van der Waals surface area contributed by atoms with E-state index in [1.807, 2.05) is 0 Å². The van der Waals surface area contributed by atoms with Gasteiger partial charge in [-0.2, -0.15) is 10.0 Å². The summed E-state index contributed by atoms with van der Waals surface area (Å²) in [7, 11) is -2.01. The van der Waals surface area contributed by atoms with Gasteiger partial charge in [-0.3, -0.25) is 10.2 Å². The maximum Gasteiger partial charge on any atom is 0.283 e. The number of benzene rings is 2. The molecule has 13 heteroatoms. The van der Waals surface area contributed by atoms with Crippen LogP contribution >= 0.6 is 23.4 Å². The van der Waals surface area contributed by atoms with E-state index in [2.05, 4.69) is 10.1 Å². The summed E-state index contributed by atoms with van der Waals surface area (Å²) in [5, 5.41) is 13.6. The summed E-state index contributed by atoms with van der Waals surface area (Å²) < 4.78 is 39.7. The monoisotopic (exact) mass is 534 g/mol. The number of methoxy groups -OCH3 is 1. The van der Waals surface area contributed by atoms with Crippen LogP contribution in [0.3, 0.4) is 0 Å². The summed E-state index contributed by atoms with van der Waals surface area (Å²) in [5.41, 5.74) is 0.480. The minimum atomic E-state index is -3.60. The van der Waals surface area contributed by atoms with Crippen molar-refractivity contribution in [2.45, 2.75) is 0 Å². The first kappa shape index (κ1) is 24.8. The number of nitrogens with zero attached hydrogens (tertiary/aromatic N) is 3. The quantitative estimate of drug-likeness (QED) is 0.422. The number of ether oxygens (including phenoxy) is 3. The van der Waals surface area contributed by atoms with E-state index < -0.39 is 15.7 Å². The largest absolute Gasteiger partial charge is 0.497 e. The first-order valence-electron chi connectivity index (χ1n) is 10.0. The molecule has 0 radical (unpaired) electrons. The van der Waals surface area contributed by atoms with Gasteiger partial charge in [0.15, 0.2) is 5.84 Å². The van der Waals surface area contributed by atoms with Crippen LogP contribution in [0, 0.1) is 5.41 Å². The zero-order chi connectivity index (χ0) is 25.2. The van der Waals surface area contributed by atoms with Gasteiger partial charge in [-0.05, 0) is 59.8 Å². The van der Waals surface area contributed by atoms with E-state index in [0.29, 0.717) is 28.7 Å². The maximum absolute atomic E-state index is 12.5. The second-order valence-corrected chi connectivity index (χ2v) is 10.8. The van der Waals surface area contributed by atoms with Crippen molar-refractivity contribution in [3.05, 3.63) is 58.6 Å². The van der Waals surface area contributed by atoms with Gasteiger partial charge in [-0.1, -0.05) is 17.7 Å². The molecule has 182 valence electrons. The van der Waals surface area contributed by atoms with Crippen LogP contribution in [0.5, 0.6) is 17.2 Å². The normalized spacial score (nSPS) is 16.7. The fraction of sp³-hybridized carbons (Fsp3) is 0.182. The molecule has 0 bridgehead atoms. The minimum Gasteiger partial charge on any atom is -0.497 e. The Bertz CT molecular complexity index is 1390. The topological polar surface area (TPSA) is 131 Å². The van der Waals surface area contributed by atoms with Crippen molar-refractivity contribution in [3.8, 4) is 17.2 Å². The van der Waals surface area contributed by atoms with Crippen molar-refractivity contribution < 1.29 is 27.4 Å². The van der Waals surface area contributed by atoms with Crippen molar-refractivity contribution >= 4 is 60.6 Å². The van der Waals surface area contributed by atoms with Crippen molar-refractivity contribution in [2.75, 3.05) is 26.6 Å². The zero-order valence-electron chi connectivity index (χ0n) is 18.5. The van der Waals surface area contributed by atoms with Gasteiger partial charge in [0, 0.05) is 6.26 Å². The van der Waals surface area contributed by atoms with Crippen molar-refractivity contribution in [2.24, 2.45) is 10.1 Å². The van der Waals surface area contributed by atoms with Crippen LogP contribution in [0.15, 0.2) is 58.1 Å². The molecule has 2 heterocycles. The van der Waals surface area contributed by atoms with E-state index in [9.17, 15) is 13.2 Å². The number of hydrazone groups is 1. The Hall–Kier alpha value is -3.35. The van der Waals surface area contributed by atoms with Crippen molar-refractivity contribution in [1.82, 2.24) is 5.01 Å². The third-order valence-corrected chi connectivity index (χ3v) is 7.56. The molecule has 35 heavy (non-hydrogen) atoms. The number of amides is 1. The van der Waals surface area contributed by atoms with Crippen LogP contribution in [0.4, 0.5) is 0 Å². The molecular formula is C22H19ClN4O6S2. The van der Waals surface area contributed by atoms with Gasteiger partial charge in [0.1, 0.15) is 30.5 Å². The zero-order valence-corrected chi connectivity index (χ0v) is 20.9. The van der Waals surface area contributed by atoms with Gasteiger partial charge in [0.05, 0.1) is 17.7 Å². The summed E-state index contributed by atoms with van der Waals surface area (Å²) in [4.78, 5) is 16.3. The van der Waals surface area contributed by atoms with Crippen LogP contribution in [0.1, 0.15) is 5.56 Å². The number of hydrogen-bond donors (Lipinski definition) is 1. The van der Waals surface area contributed by atoms with Gasteiger partial charge in [-0.15, -0.1) is 5.10 Å². The molecule has 0 saturated carbocycles. The first-order valence-corrected chi connectivity index (χ1v) is 13.1. The van der Waals surface area contributed by atoms with Gasteiger partial charge < -0.3 is 14.2 Å². The molecule has 0 fully saturated rings. The van der Waals surface area contributed by atoms with Crippen LogP contribution in [0.2, 0.25) is 5.02 Å². The lowest BCUT2D eigenvalue weighted by Gasteiger charge is -2.20. The van der Waals surface area contributed by atoms with E-state index in [1.165, 1.54) is 6.08 Å². The fourth-order valence-electron chi connectivity index (χ4n) is 3.00. The lowest BCUT2D eigenvalue weighted by atomic mass is 10.1. The van der Waals surface area contributed by atoms with Crippen LogP contribution in [-0.4, -0.2) is 61.3 Å². The number of fused-ring (bicyclic) bond motifs is 1. The van der Waals surface area contributed by atoms with Crippen molar-refractivity contribution in [3.63, 3.8) is 0 Å². The second kappa shape index (κ2) is 10.1. The number of sulfone groups is 1. The van der Waals surface area contributed by atoms with E-state index >= 15 is 0 Å². The number of hydrogen-bond acceptors (Lipinski definition) is 9. The number of thioether (sulfide) groups is 1. The minimum absolute atomic E-state index is 0.0243. The van der Waals surface area contributed by atoms with Gasteiger partial charge in [0.2, 0.25) is 19.4 Å². The van der Waals surface area contributed by atoms with Gasteiger partial charge in [-0.25, -0.2) is 8.42 Å². The van der Waals surface area contributed by atoms with Crippen molar-refractivity contribution in [1.29, 1.82) is 5.41 Å². The fourth-order valence-corrected chi connectivity index (χ4v) is 4.93. The number of aliphatic imine (C=N–C) groups is 1. The first-order chi connectivity index (χ1) is 16.7. The molecule has 2 aromatic carbocycles. The maximum atomic E-state index is 12.5. The van der Waals surface area contributed by atoms with Crippen LogP contribution in [0.25, 0.3) is 6.08 Å². The van der Waals surface area contributed by atoms with Crippen LogP contribution in [-0.2, 0) is 14.6 Å². The Morgan fingerprint density at radius 3 is 2.46 bits per heavy atom. The van der Waals surface area contributed by atoms with Gasteiger partial charge >= 0.3 is 0 Å². The summed E-state index contributed by atoms with van der Waals surface area (Å²) in [6.07, 6.45) is 2.43. The van der Waals surface area contributed by atoms with E-state index in [0.717, 1.165) is 28.8 Å². The Kier molecular flexibility index (Phi) is 7.15. The molecular weight excluding hydrogens is 516 g/mol. The molecule has 2 aromatic rings. The number of rotatable bonds is 7. The summed E-state index contributed by atoms with van der Waals surface area (Å²) in [6.45, 7) is 0.546. The number of nitrogens with one attached hydrogen (secondary N) is 1. The molecule has 10 nitrogen and oxygen atoms in total. The molecule has 0 spiro atoms. The molecule has 0 unspecified atom stereocenters. The Balaban J connectivity index is 1.41. The van der Waals surface area contributed by atoms with E-state index in [1.54, 1.807) is 49.6 Å². The third kappa shape index (κ3) is 5.66. The predicted molar refractivity (Wildman–Crippen MR) is 135 cm³/mol. The lowest BCUT2D eigenvalue weighted by Crippen LogP contribution is -2.35. The molecule has 2 aliphatic heterocycles. The number of carbonyl (C=O) groups excluding carboxylic acids is 1. The number of carbonyl (C=O) groups is 1. The smallest absolute Gasteiger partial charge is 0.283 e. The predicted octanol–water partition coefficient (Wildman–Crippen LogP) is 3.43. The van der Waals surface area contributed by atoms with Crippen LogP contribution < -0.4 is 14.2 Å². The number of amidine groups is 2. The summed E-state index contributed by atoms with van der Waals surface area (Å²) in [6, 6.07) is 12.1. The molecule has 1 amide bonds. The summed E-state index contributed by atoms with van der Waals surface area (Å²) in [5.74, 6) is 0.885. The SMILES string of the molecule is COc1ccc(OCCOc2ccc(C=C3C(=N)N4N=C(S(C)(=O)=O)SC4=NC3=O)cc2Cl)cc1. The average Bonchev–Trinajstić information content (AvgIpc) is 3.26. The van der Waals surface area contributed by atoms with Gasteiger partial charge in [0.25, 0.3) is 5.91 Å². The molecule has 2 aliphatic rings. The molecule has 0 aliphatic carbocycles. The Morgan fingerprint density at radius 2 is 1.80 bits per heavy atom. The van der Waals surface area contributed by atoms with E-state index in [4.69, 9.17) is 31.2 Å². The summed E-state index contributed by atoms with van der Waals surface area (Å²) >= 11 is 7.06. The average molecular weight is 535 g/mol. The molecule has 0 saturated heterocycles. The molecule has 4 rings (SSSR count). The third-order valence-electron chi connectivity index (χ3n) is 4.69. The Labute approximate surface area is 210 Å². The standard InChI is InChI=1S/C22H19ClN4O6S2/c1-31-14-4-6-15(7-5-14)32-9-10-33-18-8-3-13(12-17(18)23)11-16-19(24)27-21(25-20(16)28)34-22(26-27)35(2,29)30/h3-8,11-12,24H,9-10H2,1-2H3. The number of halogens is 1. The highest BCUT2D eigenvalue weighted by Gasteiger charge is 2.38. The van der Waals surface area contributed by atoms with E-state index in [-0.39, 0.29) is 27.6 Å². The molecule has 1 N–H and O–H groups in total. The lowest BCUT2D eigenvalue weighted by molar-refractivity contribution is -0.114. The highest BCUT2D eigenvalue weighted by molar-refractivity contribution is 8.42. The molecule has 0 aromatic heterocycles. The highest BCUT2D eigenvalue weighted by Crippen LogP contribution is 2.31. The second-order valence-electron chi connectivity index (χ2n) is 7.22. The highest BCUT2D eigenvalue weighted by atomic mass is 35.5.